The Labute approximate surface area is 223 Å². The second-order valence-electron chi connectivity index (χ2n) is 8.71. The number of benzene rings is 3. The van der Waals surface area contributed by atoms with Crippen molar-refractivity contribution in [2.45, 2.75) is 13.8 Å². The number of hydrogen-bond acceptors (Lipinski definition) is 6. The van der Waals surface area contributed by atoms with Gasteiger partial charge >= 0.3 is 0 Å². The highest BCUT2D eigenvalue weighted by Crippen LogP contribution is 2.43. The molecule has 0 spiro atoms. The van der Waals surface area contributed by atoms with Gasteiger partial charge in [-0.2, -0.15) is 5.26 Å². The molecule has 0 radical (unpaired) electrons. The molecule has 0 aliphatic heterocycles. The number of nitriles is 1. The molecule has 7 nitrogen and oxygen atoms in total. The highest BCUT2D eigenvalue weighted by molar-refractivity contribution is 6.30. The minimum atomic E-state index is -0.515. The molecule has 2 aromatic heterocycles. The van der Waals surface area contributed by atoms with E-state index in [0.717, 1.165) is 22.3 Å². The monoisotopic (exact) mass is 521 g/mol. The number of halogens is 1. The molecule has 5 rings (SSSR count). The Morgan fingerprint density at radius 1 is 0.921 bits per heavy atom. The molecule has 3 aromatic carbocycles. The molecule has 5 aromatic rings. The molecule has 0 saturated carbocycles. The first-order chi connectivity index (χ1) is 18.3. The summed E-state index contributed by atoms with van der Waals surface area (Å²) in [4.78, 5) is 15.4. The van der Waals surface area contributed by atoms with Crippen molar-refractivity contribution in [3.63, 3.8) is 0 Å². The van der Waals surface area contributed by atoms with Crippen LogP contribution in [0, 0.1) is 35.3 Å². The van der Waals surface area contributed by atoms with Crippen LogP contribution in [0.15, 0.2) is 92.7 Å². The fourth-order valence-electron chi connectivity index (χ4n) is 4.07. The van der Waals surface area contributed by atoms with E-state index >= 15 is 0 Å². The summed E-state index contributed by atoms with van der Waals surface area (Å²) in [5.41, 5.74) is 4.92. The Hall–Kier alpha value is -4.93. The zero-order valence-corrected chi connectivity index (χ0v) is 21.2. The van der Waals surface area contributed by atoms with Gasteiger partial charge in [0.2, 0.25) is 5.88 Å². The fourth-order valence-corrected chi connectivity index (χ4v) is 4.24. The quantitative estimate of drug-likeness (QED) is 0.126. The number of nitrogens with zero attached hydrogens (tertiary/aromatic N) is 3. The van der Waals surface area contributed by atoms with Crippen molar-refractivity contribution >= 4 is 29.4 Å². The van der Waals surface area contributed by atoms with E-state index < -0.39 is 4.92 Å². The first kappa shape index (κ1) is 24.8. The third kappa shape index (κ3) is 4.85. The Kier molecular flexibility index (Phi) is 6.65. The lowest BCUT2D eigenvalue weighted by molar-refractivity contribution is -0.384. The lowest BCUT2D eigenvalue weighted by Gasteiger charge is -2.05. The van der Waals surface area contributed by atoms with Gasteiger partial charge in [-0.15, -0.1) is 0 Å². The van der Waals surface area contributed by atoms with Crippen molar-refractivity contribution < 1.29 is 13.8 Å². The molecule has 0 bridgehead atoms. The van der Waals surface area contributed by atoms with Crippen molar-refractivity contribution in [3.8, 4) is 39.8 Å². The summed E-state index contributed by atoms with van der Waals surface area (Å²) in [6.07, 6.45) is 1.42. The van der Waals surface area contributed by atoms with Crippen LogP contribution in [0.2, 0.25) is 5.02 Å². The standard InChI is InChI=1S/C30H20ClN3O4/c1-18-3-7-20(8-4-18)28-25(16-32)30(38-29(28)21-9-5-19(2)6-10-21)33-17-23-12-14-27(37-23)24-13-11-22(31)15-26(24)34(35)36/h3-15,17H,1-2H3. The topological polar surface area (TPSA) is 106 Å². The van der Waals surface area contributed by atoms with E-state index in [1.54, 1.807) is 18.2 Å². The molecule has 0 aliphatic rings. The van der Waals surface area contributed by atoms with Gasteiger partial charge in [0.1, 0.15) is 28.9 Å². The van der Waals surface area contributed by atoms with Gasteiger partial charge in [0.25, 0.3) is 5.69 Å². The number of nitro benzene ring substituents is 1. The smallest absolute Gasteiger partial charge is 0.281 e. The third-order valence-electron chi connectivity index (χ3n) is 6.01. The average molecular weight is 522 g/mol. The Balaban J connectivity index is 1.57. The first-order valence-corrected chi connectivity index (χ1v) is 12.0. The minimum Gasteiger partial charge on any atom is -0.455 e. The van der Waals surface area contributed by atoms with Crippen LogP contribution < -0.4 is 0 Å². The van der Waals surface area contributed by atoms with Crippen LogP contribution in [0.5, 0.6) is 0 Å². The van der Waals surface area contributed by atoms with Gasteiger partial charge < -0.3 is 8.83 Å². The van der Waals surface area contributed by atoms with Crippen LogP contribution in [0.3, 0.4) is 0 Å². The molecule has 0 N–H and O–H groups in total. The summed E-state index contributed by atoms with van der Waals surface area (Å²) in [7, 11) is 0. The average Bonchev–Trinajstić information content (AvgIpc) is 3.53. The predicted molar refractivity (Wildman–Crippen MR) is 147 cm³/mol. The van der Waals surface area contributed by atoms with E-state index in [1.807, 2.05) is 62.4 Å². The zero-order chi connectivity index (χ0) is 26.8. The molecule has 0 amide bonds. The molecule has 186 valence electrons. The normalized spacial score (nSPS) is 11.1. The minimum absolute atomic E-state index is 0.133. The molecule has 0 aliphatic carbocycles. The SMILES string of the molecule is Cc1ccc(-c2oc(N=Cc3ccc(-c4ccc(Cl)cc4[N+](=O)[O-])o3)c(C#N)c2-c2ccc(C)cc2)cc1. The highest BCUT2D eigenvalue weighted by atomic mass is 35.5. The van der Waals surface area contributed by atoms with Gasteiger partial charge in [0.05, 0.1) is 16.7 Å². The predicted octanol–water partition coefficient (Wildman–Crippen LogP) is 8.67. The lowest BCUT2D eigenvalue weighted by atomic mass is 9.97. The highest BCUT2D eigenvalue weighted by Gasteiger charge is 2.23. The lowest BCUT2D eigenvalue weighted by Crippen LogP contribution is -1.91. The molecule has 0 atom stereocenters. The largest absolute Gasteiger partial charge is 0.455 e. The summed E-state index contributed by atoms with van der Waals surface area (Å²) in [5.74, 6) is 1.29. The summed E-state index contributed by atoms with van der Waals surface area (Å²) in [6, 6.07) is 25.5. The molecule has 0 saturated heterocycles. The van der Waals surface area contributed by atoms with Gasteiger partial charge in [-0.05, 0) is 43.7 Å². The number of aryl methyl sites for hydroxylation is 2. The molecule has 8 heteroatoms. The van der Waals surface area contributed by atoms with Gasteiger partial charge in [-0.1, -0.05) is 71.3 Å². The molecule has 0 unspecified atom stereocenters. The fraction of sp³-hybridized carbons (Fsp3) is 0.0667. The summed E-state index contributed by atoms with van der Waals surface area (Å²) in [5, 5.41) is 21.8. The van der Waals surface area contributed by atoms with E-state index in [9.17, 15) is 15.4 Å². The van der Waals surface area contributed by atoms with Crippen molar-refractivity contribution in [2.24, 2.45) is 4.99 Å². The number of furan rings is 2. The number of rotatable bonds is 6. The maximum atomic E-state index is 11.5. The molecule has 38 heavy (non-hydrogen) atoms. The van der Waals surface area contributed by atoms with E-state index in [1.165, 1.54) is 18.3 Å². The van der Waals surface area contributed by atoms with E-state index in [2.05, 4.69) is 11.1 Å². The van der Waals surface area contributed by atoms with Gasteiger partial charge in [-0.25, -0.2) is 4.99 Å². The van der Waals surface area contributed by atoms with Crippen molar-refractivity contribution in [1.29, 1.82) is 5.26 Å². The van der Waals surface area contributed by atoms with Crippen LogP contribution in [0.25, 0.3) is 33.8 Å². The summed E-state index contributed by atoms with van der Waals surface area (Å²) < 4.78 is 12.0. The van der Waals surface area contributed by atoms with E-state index in [4.69, 9.17) is 20.4 Å². The van der Waals surface area contributed by atoms with Crippen LogP contribution >= 0.6 is 11.6 Å². The molecular weight excluding hydrogens is 502 g/mol. The second-order valence-corrected chi connectivity index (χ2v) is 9.15. The van der Waals surface area contributed by atoms with Crippen molar-refractivity contribution in [3.05, 3.63) is 116 Å². The Morgan fingerprint density at radius 3 is 2.21 bits per heavy atom. The number of aliphatic imine (C=N–C) groups is 1. The van der Waals surface area contributed by atoms with Gasteiger partial charge in [0.15, 0.2) is 0 Å². The Morgan fingerprint density at radius 2 is 1.58 bits per heavy atom. The summed E-state index contributed by atoms with van der Waals surface area (Å²) in [6.45, 7) is 4.00. The number of nitro groups is 1. The van der Waals surface area contributed by atoms with Crippen LogP contribution in [0.4, 0.5) is 11.6 Å². The summed E-state index contributed by atoms with van der Waals surface area (Å²) >= 11 is 5.93. The van der Waals surface area contributed by atoms with Crippen molar-refractivity contribution in [2.75, 3.05) is 0 Å². The van der Waals surface area contributed by atoms with Gasteiger partial charge in [-0.3, -0.25) is 10.1 Å². The van der Waals surface area contributed by atoms with Crippen LogP contribution in [-0.2, 0) is 0 Å². The Bertz CT molecular complexity index is 1720. The zero-order valence-electron chi connectivity index (χ0n) is 20.4. The number of hydrogen-bond donors (Lipinski definition) is 0. The van der Waals surface area contributed by atoms with Crippen LogP contribution in [0.1, 0.15) is 22.5 Å². The maximum absolute atomic E-state index is 11.5. The molecular formula is C30H20ClN3O4. The molecule has 2 heterocycles. The van der Waals surface area contributed by atoms with E-state index in [-0.39, 0.29) is 27.9 Å². The molecule has 0 fully saturated rings. The van der Waals surface area contributed by atoms with Crippen LogP contribution in [-0.4, -0.2) is 11.1 Å². The third-order valence-corrected chi connectivity index (χ3v) is 6.25. The van der Waals surface area contributed by atoms with E-state index in [0.29, 0.717) is 22.6 Å². The van der Waals surface area contributed by atoms with Gasteiger partial charge in [0, 0.05) is 22.2 Å². The maximum Gasteiger partial charge on any atom is 0.281 e. The first-order valence-electron chi connectivity index (χ1n) is 11.6. The van der Waals surface area contributed by atoms with Crippen molar-refractivity contribution in [1.82, 2.24) is 0 Å². The second kappa shape index (κ2) is 10.2.